The van der Waals surface area contributed by atoms with Crippen molar-refractivity contribution in [1.82, 2.24) is 14.9 Å². The maximum atomic E-state index is 12.7. The van der Waals surface area contributed by atoms with Crippen molar-refractivity contribution in [3.63, 3.8) is 0 Å². The molecule has 22 heavy (non-hydrogen) atoms. The van der Waals surface area contributed by atoms with E-state index >= 15 is 0 Å². The zero-order valence-electron chi connectivity index (χ0n) is 12.0. The third kappa shape index (κ3) is 2.88. The van der Waals surface area contributed by atoms with E-state index in [-0.39, 0.29) is 17.6 Å². The maximum absolute atomic E-state index is 12.7. The van der Waals surface area contributed by atoms with Crippen LogP contribution in [0.1, 0.15) is 48.0 Å². The van der Waals surface area contributed by atoms with Crippen LogP contribution in [0.4, 0.5) is 0 Å². The summed E-state index contributed by atoms with van der Waals surface area (Å²) in [6.45, 7) is 0.568. The number of carbonyl (C=O) groups excluding carboxylic acids is 1. The highest BCUT2D eigenvalue weighted by Crippen LogP contribution is 2.31. The van der Waals surface area contributed by atoms with E-state index in [0.29, 0.717) is 6.54 Å². The number of nitrogens with zero attached hydrogens (tertiary/aromatic N) is 1. The fourth-order valence-corrected chi connectivity index (χ4v) is 2.87. The molecule has 1 fully saturated rings. The van der Waals surface area contributed by atoms with Gasteiger partial charge in [-0.15, -0.1) is 0 Å². The van der Waals surface area contributed by atoms with Gasteiger partial charge in [0.05, 0.1) is 12.3 Å². The molecule has 2 aromatic heterocycles. The standard InChI is InChI=1S/C15H17N3O4/c19-13-9-10(16-15(21)17-13)14(20)18-7-3-1-2-5-11(18)12-6-4-8-22-12/h4,6,8-9,11H,1-3,5,7H2,(H2,16,17,19,21). The summed E-state index contributed by atoms with van der Waals surface area (Å²) < 4.78 is 5.46. The van der Waals surface area contributed by atoms with E-state index in [1.807, 2.05) is 6.07 Å². The van der Waals surface area contributed by atoms with Gasteiger partial charge in [0, 0.05) is 12.6 Å². The van der Waals surface area contributed by atoms with Crippen LogP contribution < -0.4 is 11.2 Å². The average molecular weight is 303 g/mol. The fourth-order valence-electron chi connectivity index (χ4n) is 2.87. The van der Waals surface area contributed by atoms with Crippen LogP contribution in [0.3, 0.4) is 0 Å². The van der Waals surface area contributed by atoms with Gasteiger partial charge in [-0.05, 0) is 25.0 Å². The van der Waals surface area contributed by atoms with E-state index in [0.717, 1.165) is 37.5 Å². The lowest BCUT2D eigenvalue weighted by molar-refractivity contribution is 0.0651. The van der Waals surface area contributed by atoms with Crippen molar-refractivity contribution in [2.45, 2.75) is 31.7 Å². The molecule has 1 aliphatic heterocycles. The Balaban J connectivity index is 1.96. The van der Waals surface area contributed by atoms with Gasteiger partial charge in [0.25, 0.3) is 11.5 Å². The minimum atomic E-state index is -0.680. The van der Waals surface area contributed by atoms with Crippen LogP contribution in [0.2, 0.25) is 0 Å². The number of rotatable bonds is 2. The second-order valence-corrected chi connectivity index (χ2v) is 5.38. The van der Waals surface area contributed by atoms with Gasteiger partial charge in [0.2, 0.25) is 0 Å². The first-order valence-corrected chi connectivity index (χ1v) is 7.33. The minimum absolute atomic E-state index is 0.00667. The molecule has 7 heteroatoms. The number of amides is 1. The molecule has 3 rings (SSSR count). The number of H-pyrrole nitrogens is 2. The lowest BCUT2D eigenvalue weighted by atomic mass is 10.1. The smallest absolute Gasteiger partial charge is 0.326 e. The van der Waals surface area contributed by atoms with Crippen molar-refractivity contribution in [3.05, 3.63) is 56.8 Å². The van der Waals surface area contributed by atoms with Crippen LogP contribution in [0.25, 0.3) is 0 Å². The quantitative estimate of drug-likeness (QED) is 0.876. The molecule has 7 nitrogen and oxygen atoms in total. The second kappa shape index (κ2) is 6.05. The molecule has 3 heterocycles. The Morgan fingerprint density at radius 2 is 2.09 bits per heavy atom. The van der Waals surface area contributed by atoms with Gasteiger partial charge in [-0.2, -0.15) is 0 Å². The molecule has 1 atom stereocenters. The van der Waals surface area contributed by atoms with Gasteiger partial charge in [-0.3, -0.25) is 14.6 Å². The maximum Gasteiger partial charge on any atom is 0.326 e. The molecule has 2 N–H and O–H groups in total. The first kappa shape index (κ1) is 14.4. The van der Waals surface area contributed by atoms with Crippen molar-refractivity contribution in [1.29, 1.82) is 0 Å². The zero-order valence-corrected chi connectivity index (χ0v) is 12.0. The Hall–Kier alpha value is -2.57. The molecule has 2 aromatic rings. The number of aromatic amines is 2. The lowest BCUT2D eigenvalue weighted by Gasteiger charge is -2.28. The van der Waals surface area contributed by atoms with E-state index in [2.05, 4.69) is 9.97 Å². The Labute approximate surface area is 126 Å². The third-order valence-electron chi connectivity index (χ3n) is 3.88. The summed E-state index contributed by atoms with van der Waals surface area (Å²) in [5.74, 6) is 0.369. The van der Waals surface area contributed by atoms with E-state index in [1.54, 1.807) is 17.2 Å². The van der Waals surface area contributed by atoms with Crippen molar-refractivity contribution >= 4 is 5.91 Å². The first-order valence-electron chi connectivity index (χ1n) is 7.33. The summed E-state index contributed by atoms with van der Waals surface area (Å²) in [5.41, 5.74) is -1.26. The lowest BCUT2D eigenvalue weighted by Crippen LogP contribution is -2.37. The predicted octanol–water partition coefficient (Wildman–Crippen LogP) is 1.41. The molecule has 1 unspecified atom stereocenters. The molecule has 1 amide bonds. The summed E-state index contributed by atoms with van der Waals surface area (Å²) >= 11 is 0. The fraction of sp³-hybridized carbons (Fsp3) is 0.400. The number of carbonyl (C=O) groups is 1. The van der Waals surface area contributed by atoms with Crippen LogP contribution in [-0.2, 0) is 0 Å². The van der Waals surface area contributed by atoms with Gasteiger partial charge in [0.1, 0.15) is 11.5 Å². The number of aromatic nitrogens is 2. The zero-order chi connectivity index (χ0) is 15.5. The normalized spacial score (nSPS) is 18.9. The SMILES string of the molecule is O=C(c1cc(=O)[nH]c(=O)[nH]1)N1CCCCCC1c1ccco1. The largest absolute Gasteiger partial charge is 0.467 e. The predicted molar refractivity (Wildman–Crippen MR) is 78.6 cm³/mol. The molecule has 1 saturated heterocycles. The molecule has 116 valence electrons. The molecule has 0 bridgehead atoms. The highest BCUT2D eigenvalue weighted by atomic mass is 16.3. The molecular weight excluding hydrogens is 286 g/mol. The summed E-state index contributed by atoms with van der Waals surface area (Å²) in [7, 11) is 0. The van der Waals surface area contributed by atoms with Crippen LogP contribution in [0.5, 0.6) is 0 Å². The number of nitrogens with one attached hydrogen (secondary N) is 2. The Bertz CT molecular complexity index is 731. The van der Waals surface area contributed by atoms with E-state index in [4.69, 9.17) is 4.42 Å². The number of hydrogen-bond acceptors (Lipinski definition) is 4. The number of hydrogen-bond donors (Lipinski definition) is 2. The van der Waals surface area contributed by atoms with Crippen molar-refractivity contribution in [2.24, 2.45) is 0 Å². The van der Waals surface area contributed by atoms with Gasteiger partial charge < -0.3 is 14.3 Å². The first-order chi connectivity index (χ1) is 10.6. The Morgan fingerprint density at radius 3 is 2.82 bits per heavy atom. The van der Waals surface area contributed by atoms with Gasteiger partial charge in [-0.25, -0.2) is 4.79 Å². The second-order valence-electron chi connectivity index (χ2n) is 5.38. The minimum Gasteiger partial charge on any atom is -0.467 e. The number of furan rings is 1. The van der Waals surface area contributed by atoms with E-state index in [9.17, 15) is 14.4 Å². The monoisotopic (exact) mass is 303 g/mol. The molecule has 0 aromatic carbocycles. The van der Waals surface area contributed by atoms with Gasteiger partial charge in [0.15, 0.2) is 0 Å². The van der Waals surface area contributed by atoms with Crippen molar-refractivity contribution < 1.29 is 9.21 Å². The Kier molecular flexibility index (Phi) is 3.95. The van der Waals surface area contributed by atoms with Crippen LogP contribution in [0.15, 0.2) is 38.5 Å². The molecule has 0 spiro atoms. The molecule has 1 aliphatic rings. The van der Waals surface area contributed by atoms with Crippen molar-refractivity contribution in [2.75, 3.05) is 6.54 Å². The molecule has 0 aliphatic carbocycles. The van der Waals surface area contributed by atoms with E-state index < -0.39 is 11.2 Å². The topological polar surface area (TPSA) is 99.2 Å². The summed E-state index contributed by atoms with van der Waals surface area (Å²) in [4.78, 5) is 41.7. The molecular formula is C15H17N3O4. The molecule has 0 saturated carbocycles. The number of likely N-dealkylation sites (tertiary alicyclic amines) is 1. The van der Waals surface area contributed by atoms with Gasteiger partial charge >= 0.3 is 5.69 Å². The summed E-state index contributed by atoms with van der Waals surface area (Å²) in [6.07, 6.45) is 5.30. The van der Waals surface area contributed by atoms with Crippen molar-refractivity contribution in [3.8, 4) is 0 Å². The van der Waals surface area contributed by atoms with Crippen LogP contribution in [-0.4, -0.2) is 27.3 Å². The van der Waals surface area contributed by atoms with Gasteiger partial charge in [-0.1, -0.05) is 12.8 Å². The third-order valence-corrected chi connectivity index (χ3v) is 3.88. The Morgan fingerprint density at radius 1 is 1.23 bits per heavy atom. The van der Waals surface area contributed by atoms with Crippen LogP contribution >= 0.6 is 0 Å². The van der Waals surface area contributed by atoms with Crippen LogP contribution in [0, 0.1) is 0 Å². The summed E-state index contributed by atoms with van der Waals surface area (Å²) in [5, 5.41) is 0. The highest BCUT2D eigenvalue weighted by molar-refractivity contribution is 5.92. The summed E-state index contributed by atoms with van der Waals surface area (Å²) in [6, 6.07) is 4.58. The molecule has 0 radical (unpaired) electrons. The average Bonchev–Trinajstić information content (AvgIpc) is 2.90. The van der Waals surface area contributed by atoms with E-state index in [1.165, 1.54) is 0 Å². The highest BCUT2D eigenvalue weighted by Gasteiger charge is 2.29.